The SMILES string of the molecule is CC(C)N(C)[SiH]([SiH3])N(C(C)C)C(C)C. The van der Waals surface area contributed by atoms with Crippen LogP contribution in [-0.4, -0.2) is 52.7 Å². The summed E-state index contributed by atoms with van der Waals surface area (Å²) in [6.45, 7) is 13.9. The van der Waals surface area contributed by atoms with Crippen LogP contribution >= 0.6 is 0 Å². The van der Waals surface area contributed by atoms with E-state index in [1.165, 1.54) is 9.76 Å². The number of hydrogen-bond acceptors (Lipinski definition) is 2. The van der Waals surface area contributed by atoms with E-state index in [0.717, 1.165) is 0 Å². The highest BCUT2D eigenvalue weighted by Crippen LogP contribution is 2.10. The van der Waals surface area contributed by atoms with Crippen LogP contribution in [0.5, 0.6) is 0 Å². The number of nitrogens with zero attached hydrogens (tertiary/aromatic N) is 2. The van der Waals surface area contributed by atoms with E-state index in [1.807, 2.05) is 0 Å². The highest BCUT2D eigenvalue weighted by molar-refractivity contribution is 6.99. The van der Waals surface area contributed by atoms with Crippen molar-refractivity contribution in [2.75, 3.05) is 7.05 Å². The molecule has 86 valence electrons. The molecule has 0 amide bonds. The van der Waals surface area contributed by atoms with E-state index >= 15 is 0 Å². The van der Waals surface area contributed by atoms with Crippen molar-refractivity contribution in [3.8, 4) is 0 Å². The topological polar surface area (TPSA) is 6.48 Å². The highest BCUT2D eigenvalue weighted by Gasteiger charge is 2.25. The molecule has 1 unspecified atom stereocenters. The van der Waals surface area contributed by atoms with Crippen molar-refractivity contribution in [2.45, 2.75) is 59.7 Å². The van der Waals surface area contributed by atoms with Gasteiger partial charge in [0, 0.05) is 9.76 Å². The van der Waals surface area contributed by atoms with Gasteiger partial charge in [-0.2, -0.15) is 0 Å². The quantitative estimate of drug-likeness (QED) is 0.638. The minimum atomic E-state index is -0.779. The maximum Gasteiger partial charge on any atom is 0.164 e. The first kappa shape index (κ1) is 14.4. The monoisotopic (exact) mass is 232 g/mol. The maximum atomic E-state index is 2.74. The van der Waals surface area contributed by atoms with Crippen molar-refractivity contribution in [1.29, 1.82) is 0 Å². The van der Waals surface area contributed by atoms with E-state index in [-0.39, 0.29) is 0 Å². The molecule has 0 rings (SSSR count). The smallest absolute Gasteiger partial charge is 0.164 e. The van der Waals surface area contributed by atoms with Crippen LogP contribution in [0.2, 0.25) is 0 Å². The Morgan fingerprint density at radius 3 is 1.43 bits per heavy atom. The van der Waals surface area contributed by atoms with Crippen molar-refractivity contribution in [2.24, 2.45) is 0 Å². The Morgan fingerprint density at radius 2 is 1.21 bits per heavy atom. The third-order valence-electron chi connectivity index (χ3n) is 3.03. The van der Waals surface area contributed by atoms with E-state index in [9.17, 15) is 0 Å². The normalized spacial score (nSPS) is 15.4. The number of hydrogen-bond donors (Lipinski definition) is 0. The van der Waals surface area contributed by atoms with Crippen LogP contribution in [-0.2, 0) is 0 Å². The van der Waals surface area contributed by atoms with Gasteiger partial charge in [0.1, 0.15) is 0 Å². The van der Waals surface area contributed by atoms with Gasteiger partial charge in [0.2, 0.25) is 0 Å². The van der Waals surface area contributed by atoms with Crippen LogP contribution < -0.4 is 0 Å². The Hall–Kier alpha value is 0.354. The lowest BCUT2D eigenvalue weighted by Gasteiger charge is -2.41. The summed E-state index contributed by atoms with van der Waals surface area (Å²) < 4.78 is 5.36. The molecular weight excluding hydrogens is 204 g/mol. The summed E-state index contributed by atoms with van der Waals surface area (Å²) in [6, 6.07) is 2.10. The molecule has 0 spiro atoms. The first-order valence-corrected chi connectivity index (χ1v) is 11.4. The Kier molecular flexibility index (Phi) is 6.20. The van der Waals surface area contributed by atoms with Gasteiger partial charge < -0.3 is 9.13 Å². The lowest BCUT2D eigenvalue weighted by atomic mass is 10.3. The van der Waals surface area contributed by atoms with Crippen LogP contribution in [0.4, 0.5) is 0 Å². The molecule has 0 aromatic carbocycles. The molecule has 0 aromatic heterocycles. The van der Waals surface area contributed by atoms with Gasteiger partial charge >= 0.3 is 0 Å². The summed E-state index contributed by atoms with van der Waals surface area (Å²) in [5.41, 5.74) is 0. The molecule has 0 saturated carbocycles. The molecule has 0 aromatic rings. The third kappa shape index (κ3) is 3.84. The van der Waals surface area contributed by atoms with Crippen molar-refractivity contribution >= 4 is 18.4 Å². The van der Waals surface area contributed by atoms with E-state index < -0.39 is 8.64 Å². The summed E-state index contributed by atoms with van der Waals surface area (Å²) >= 11 is 0. The van der Waals surface area contributed by atoms with Crippen LogP contribution in [0.25, 0.3) is 0 Å². The first-order valence-electron chi connectivity index (χ1n) is 5.78. The molecule has 0 aliphatic carbocycles. The summed E-state index contributed by atoms with van der Waals surface area (Å²) in [6.07, 6.45) is 0. The van der Waals surface area contributed by atoms with Crippen LogP contribution in [0.3, 0.4) is 0 Å². The molecule has 0 aliphatic rings. The van der Waals surface area contributed by atoms with Crippen LogP contribution in [0.1, 0.15) is 41.5 Å². The Bertz CT molecular complexity index is 152. The van der Waals surface area contributed by atoms with Crippen molar-refractivity contribution in [1.82, 2.24) is 9.13 Å². The summed E-state index contributed by atoms with van der Waals surface area (Å²) in [4.78, 5) is 0. The molecule has 0 heterocycles. The van der Waals surface area contributed by atoms with Gasteiger partial charge in [-0.15, -0.1) is 0 Å². The molecule has 4 heteroatoms. The second-order valence-corrected chi connectivity index (χ2v) is 10.8. The maximum absolute atomic E-state index is 2.74. The van der Waals surface area contributed by atoms with Crippen molar-refractivity contribution in [3.05, 3.63) is 0 Å². The molecule has 2 nitrogen and oxygen atoms in total. The Labute approximate surface area is 94.6 Å². The zero-order chi connectivity index (χ0) is 11.5. The van der Waals surface area contributed by atoms with Crippen molar-refractivity contribution in [3.63, 3.8) is 0 Å². The molecule has 0 radical (unpaired) electrons. The average molecular weight is 233 g/mol. The Morgan fingerprint density at radius 1 is 0.857 bits per heavy atom. The second kappa shape index (κ2) is 6.05. The molecule has 14 heavy (non-hydrogen) atoms. The molecule has 0 fully saturated rings. The largest absolute Gasteiger partial charge is 0.317 e. The average Bonchev–Trinajstić information content (AvgIpc) is 2.01. The predicted molar refractivity (Wildman–Crippen MR) is 72.1 cm³/mol. The van der Waals surface area contributed by atoms with E-state index in [1.54, 1.807) is 0 Å². The van der Waals surface area contributed by atoms with E-state index in [2.05, 4.69) is 57.7 Å². The fourth-order valence-electron chi connectivity index (χ4n) is 2.10. The fraction of sp³-hybridized carbons (Fsp3) is 1.00. The van der Waals surface area contributed by atoms with Crippen LogP contribution in [0.15, 0.2) is 0 Å². The minimum absolute atomic E-state index is 0.698. The molecule has 0 bridgehead atoms. The van der Waals surface area contributed by atoms with Gasteiger partial charge in [-0.1, -0.05) is 41.5 Å². The van der Waals surface area contributed by atoms with E-state index in [4.69, 9.17) is 0 Å². The van der Waals surface area contributed by atoms with Crippen molar-refractivity contribution < 1.29 is 0 Å². The van der Waals surface area contributed by atoms with Gasteiger partial charge in [0.25, 0.3) is 0 Å². The van der Waals surface area contributed by atoms with Gasteiger partial charge in [-0.3, -0.25) is 0 Å². The minimum Gasteiger partial charge on any atom is -0.317 e. The zero-order valence-electron chi connectivity index (χ0n) is 11.2. The molecule has 0 N–H and O–H groups in total. The molecular formula is C10H28N2Si2. The van der Waals surface area contributed by atoms with Crippen LogP contribution in [0, 0.1) is 0 Å². The third-order valence-corrected chi connectivity index (χ3v) is 11.1. The molecule has 0 aliphatic heterocycles. The fourth-order valence-corrected chi connectivity index (χ4v) is 10.5. The zero-order valence-corrected chi connectivity index (χ0v) is 14.4. The lowest BCUT2D eigenvalue weighted by Crippen LogP contribution is -2.59. The van der Waals surface area contributed by atoms with E-state index in [0.29, 0.717) is 18.1 Å². The lowest BCUT2D eigenvalue weighted by molar-refractivity contribution is 0.271. The molecule has 0 saturated heterocycles. The molecule has 1 atom stereocenters. The van der Waals surface area contributed by atoms with Gasteiger partial charge in [-0.25, -0.2) is 0 Å². The predicted octanol–water partition coefficient (Wildman–Crippen LogP) is 0.528. The van der Waals surface area contributed by atoms with Gasteiger partial charge in [0.15, 0.2) is 8.64 Å². The highest BCUT2D eigenvalue weighted by atomic mass is 29.2. The Balaban J connectivity index is 4.51. The van der Waals surface area contributed by atoms with Gasteiger partial charge in [-0.05, 0) is 25.2 Å². The summed E-state index contributed by atoms with van der Waals surface area (Å²) in [5, 5.41) is 0. The standard InChI is InChI=1S/C10H28N2Si2/c1-8(2)11(7)14(13)12(9(3)4)10(5)6/h8-10,14H,1-7,13H3. The summed E-state index contributed by atoms with van der Waals surface area (Å²) in [7, 11) is 2.86. The first-order chi connectivity index (χ1) is 6.29. The second-order valence-electron chi connectivity index (χ2n) is 5.03. The summed E-state index contributed by atoms with van der Waals surface area (Å²) in [5.74, 6) is 0. The number of rotatable bonds is 5. The van der Waals surface area contributed by atoms with Gasteiger partial charge in [0.05, 0.1) is 0 Å².